The second-order valence-corrected chi connectivity index (χ2v) is 8.53. The Hall–Kier alpha value is -3.32. The van der Waals surface area contributed by atoms with Crippen molar-refractivity contribution in [2.75, 3.05) is 52.9 Å². The van der Waals surface area contributed by atoms with E-state index in [2.05, 4.69) is 26.3 Å². The summed E-state index contributed by atoms with van der Waals surface area (Å²) in [6.07, 6.45) is 7.25. The van der Waals surface area contributed by atoms with Crippen molar-refractivity contribution in [2.24, 2.45) is 0 Å². The van der Waals surface area contributed by atoms with Gasteiger partial charge in [0.25, 0.3) is 0 Å². The van der Waals surface area contributed by atoms with Crippen LogP contribution >= 0.6 is 0 Å². The minimum absolute atomic E-state index is 0.229. The van der Waals surface area contributed by atoms with Crippen LogP contribution in [0.4, 0.5) is 0 Å². The molecule has 0 aliphatic heterocycles. The molecule has 0 atom stereocenters. The maximum Gasteiger partial charge on any atom is 0.330 e. The molecule has 0 saturated carbocycles. The highest BCUT2D eigenvalue weighted by molar-refractivity contribution is 5.82. The van der Waals surface area contributed by atoms with E-state index < -0.39 is 36.5 Å². The van der Waals surface area contributed by atoms with Gasteiger partial charge in [0.15, 0.2) is 0 Å². The Morgan fingerprint density at radius 3 is 0.762 bits per heavy atom. The molecule has 0 rings (SSSR count). The van der Waals surface area contributed by atoms with Crippen molar-refractivity contribution in [3.05, 3.63) is 50.6 Å². The molecule has 0 aliphatic carbocycles. The van der Waals surface area contributed by atoms with Crippen LogP contribution in [0.5, 0.6) is 0 Å². The molecule has 0 aromatic rings. The first-order valence-electron chi connectivity index (χ1n) is 14.0. The summed E-state index contributed by atoms with van der Waals surface area (Å²) in [5.41, 5.74) is 0. The summed E-state index contributed by atoms with van der Waals surface area (Å²) in [6, 6.07) is 0. The first kappa shape index (κ1) is 38.7. The number of rotatable bonds is 29. The molecule has 0 unspecified atom stereocenters. The molecule has 42 heavy (non-hydrogen) atoms. The van der Waals surface area contributed by atoms with Gasteiger partial charge in [-0.3, -0.25) is 0 Å². The van der Waals surface area contributed by atoms with Crippen LogP contribution in [0.15, 0.2) is 50.6 Å². The zero-order valence-corrected chi connectivity index (χ0v) is 24.5. The third-order valence-corrected chi connectivity index (χ3v) is 5.15. The van der Waals surface area contributed by atoms with Gasteiger partial charge in [-0.15, -0.1) is 0 Å². The molecule has 0 aromatic heterocycles. The van der Waals surface area contributed by atoms with Crippen molar-refractivity contribution >= 4 is 23.9 Å². The lowest BCUT2D eigenvalue weighted by Crippen LogP contribution is -2.37. The molecule has 0 bridgehead atoms. The van der Waals surface area contributed by atoms with Gasteiger partial charge in [0.1, 0.15) is 0 Å². The number of hydrogen-bond donors (Lipinski definition) is 0. The summed E-state index contributed by atoms with van der Waals surface area (Å²) in [5, 5.41) is 0. The minimum Gasteiger partial charge on any atom is -0.463 e. The van der Waals surface area contributed by atoms with E-state index >= 15 is 0 Å². The van der Waals surface area contributed by atoms with Crippen molar-refractivity contribution in [1.82, 2.24) is 0 Å². The van der Waals surface area contributed by atoms with E-state index in [0.29, 0.717) is 51.4 Å². The van der Waals surface area contributed by atoms with E-state index in [0.717, 1.165) is 24.3 Å². The monoisotopic (exact) mass is 598 g/mol. The Morgan fingerprint density at radius 1 is 0.381 bits per heavy atom. The highest BCUT2D eigenvalue weighted by Crippen LogP contribution is 2.13. The summed E-state index contributed by atoms with van der Waals surface area (Å²) in [7, 11) is 0. The number of carbonyl (C=O) groups excluding carboxylic acids is 4. The van der Waals surface area contributed by atoms with Gasteiger partial charge in [-0.25, -0.2) is 19.2 Å². The summed E-state index contributed by atoms with van der Waals surface area (Å²) in [4.78, 5) is 44.8. The Labute approximate surface area is 248 Å². The molecule has 0 amide bonds. The molecule has 0 heterocycles. The van der Waals surface area contributed by atoms with Crippen molar-refractivity contribution in [1.29, 1.82) is 0 Å². The molecule has 0 radical (unpaired) electrons. The van der Waals surface area contributed by atoms with Gasteiger partial charge >= 0.3 is 23.9 Å². The van der Waals surface area contributed by atoms with Crippen molar-refractivity contribution in [3.63, 3.8) is 0 Å². The van der Waals surface area contributed by atoms with E-state index in [1.165, 1.54) is 0 Å². The Balaban J connectivity index is 4.99. The maximum absolute atomic E-state index is 11.2. The van der Waals surface area contributed by atoms with E-state index in [1.807, 2.05) is 0 Å². The largest absolute Gasteiger partial charge is 0.463 e. The zero-order chi connectivity index (χ0) is 31.3. The van der Waals surface area contributed by atoms with Gasteiger partial charge in [0.2, 0.25) is 12.6 Å². The van der Waals surface area contributed by atoms with Crippen LogP contribution in [0.25, 0.3) is 0 Å². The fourth-order valence-electron chi connectivity index (χ4n) is 2.95. The van der Waals surface area contributed by atoms with Crippen LogP contribution in [0.1, 0.15) is 51.4 Å². The molecular formula is C30H46O12. The molecule has 12 nitrogen and oxygen atoms in total. The van der Waals surface area contributed by atoms with Crippen LogP contribution in [0.3, 0.4) is 0 Å². The van der Waals surface area contributed by atoms with Gasteiger partial charge in [-0.1, -0.05) is 26.3 Å². The third-order valence-electron chi connectivity index (χ3n) is 5.15. The lowest BCUT2D eigenvalue weighted by molar-refractivity contribution is -0.287. The fourth-order valence-corrected chi connectivity index (χ4v) is 2.95. The van der Waals surface area contributed by atoms with Gasteiger partial charge in [-0.2, -0.15) is 0 Å². The van der Waals surface area contributed by atoms with Gasteiger partial charge in [0, 0.05) is 24.3 Å². The zero-order valence-electron chi connectivity index (χ0n) is 24.5. The first-order valence-corrected chi connectivity index (χ1v) is 14.0. The van der Waals surface area contributed by atoms with Crippen molar-refractivity contribution in [3.8, 4) is 0 Å². The predicted molar refractivity (Wildman–Crippen MR) is 153 cm³/mol. The van der Waals surface area contributed by atoms with E-state index in [1.54, 1.807) is 0 Å². The topological polar surface area (TPSA) is 142 Å². The Bertz CT molecular complexity index is 680. The number of carbonyl (C=O) groups is 4. The van der Waals surface area contributed by atoms with Crippen molar-refractivity contribution in [2.45, 2.75) is 63.9 Å². The molecular weight excluding hydrogens is 552 g/mol. The molecule has 0 fully saturated rings. The van der Waals surface area contributed by atoms with E-state index in [4.69, 9.17) is 37.9 Å². The van der Waals surface area contributed by atoms with Crippen LogP contribution in [0.2, 0.25) is 0 Å². The number of unbranched alkanes of at least 4 members (excludes halogenated alkanes) is 4. The normalized spacial score (nSPS) is 10.6. The predicted octanol–water partition coefficient (Wildman–Crippen LogP) is 3.74. The van der Waals surface area contributed by atoms with Crippen LogP contribution in [-0.4, -0.2) is 89.3 Å². The smallest absolute Gasteiger partial charge is 0.330 e. The van der Waals surface area contributed by atoms with E-state index in [9.17, 15) is 19.2 Å². The van der Waals surface area contributed by atoms with E-state index in [-0.39, 0.29) is 52.9 Å². The average molecular weight is 599 g/mol. The summed E-state index contributed by atoms with van der Waals surface area (Å²) in [6.45, 7) is 15.5. The molecule has 0 spiro atoms. The number of esters is 4. The standard InChI is InChI=1S/C30H46O12/c1-5-25(31)35-17-9-13-21-39-29(40-22-14-10-18-36-26(32)6-2)30(41-23-15-11-19-37-27(33)7-3)42-24-16-12-20-38-28(34)8-4/h5-8,29-30H,1-4,9-24H2. The second-order valence-electron chi connectivity index (χ2n) is 8.53. The lowest BCUT2D eigenvalue weighted by atomic mass is 10.3. The lowest BCUT2D eigenvalue weighted by Gasteiger charge is -2.28. The molecule has 12 heteroatoms. The maximum atomic E-state index is 11.2. The molecule has 0 saturated heterocycles. The first-order chi connectivity index (χ1) is 20.4. The number of ether oxygens (including phenoxy) is 8. The quantitative estimate of drug-likeness (QED) is 0.0407. The fraction of sp³-hybridized carbons (Fsp3) is 0.600. The van der Waals surface area contributed by atoms with Crippen molar-refractivity contribution < 1.29 is 57.1 Å². The molecule has 0 aliphatic rings. The van der Waals surface area contributed by atoms with Crippen LogP contribution < -0.4 is 0 Å². The summed E-state index contributed by atoms with van der Waals surface area (Å²) < 4.78 is 43.7. The highest BCUT2D eigenvalue weighted by Gasteiger charge is 2.25. The average Bonchev–Trinajstić information content (AvgIpc) is 3.00. The summed E-state index contributed by atoms with van der Waals surface area (Å²) >= 11 is 0. The Kier molecular flexibility index (Phi) is 25.6. The highest BCUT2D eigenvalue weighted by atomic mass is 16.8. The van der Waals surface area contributed by atoms with Gasteiger partial charge < -0.3 is 37.9 Å². The van der Waals surface area contributed by atoms with Crippen LogP contribution in [0, 0.1) is 0 Å². The SMILES string of the molecule is C=CC(=O)OCCCCOC(OCCCCOC(=O)C=C)C(OCCCCOC(=O)C=C)OCCCCOC(=O)C=C. The molecule has 238 valence electrons. The Morgan fingerprint density at radius 2 is 0.571 bits per heavy atom. The third kappa shape index (κ3) is 23.4. The molecule has 0 aromatic carbocycles. The van der Waals surface area contributed by atoms with Gasteiger partial charge in [0.05, 0.1) is 52.9 Å². The number of hydrogen-bond acceptors (Lipinski definition) is 12. The van der Waals surface area contributed by atoms with Crippen LogP contribution in [-0.2, 0) is 57.1 Å². The minimum atomic E-state index is -0.881. The van der Waals surface area contributed by atoms with Gasteiger partial charge in [-0.05, 0) is 51.4 Å². The second kappa shape index (κ2) is 27.8. The summed E-state index contributed by atoms with van der Waals surface area (Å²) in [5.74, 6) is -1.96. The molecule has 0 N–H and O–H groups in total.